The summed E-state index contributed by atoms with van der Waals surface area (Å²) in [4.78, 5) is 14.1. The van der Waals surface area contributed by atoms with Crippen molar-refractivity contribution in [3.8, 4) is 0 Å². The highest BCUT2D eigenvalue weighted by Crippen LogP contribution is 2.50. The van der Waals surface area contributed by atoms with Crippen LogP contribution in [0.2, 0.25) is 5.02 Å². The molecule has 0 bridgehead atoms. The van der Waals surface area contributed by atoms with Gasteiger partial charge in [-0.3, -0.25) is 5.10 Å². The Labute approximate surface area is 157 Å². The number of ether oxygens (including phenoxy) is 1. The number of H-pyrrole nitrogens is 1. The molecule has 1 aromatic heterocycles. The van der Waals surface area contributed by atoms with Gasteiger partial charge in [0.1, 0.15) is 5.60 Å². The smallest absolute Gasteiger partial charge is 0.410 e. The van der Waals surface area contributed by atoms with Crippen LogP contribution in [0, 0.1) is 11.8 Å². The third-order valence-corrected chi connectivity index (χ3v) is 5.66. The summed E-state index contributed by atoms with van der Waals surface area (Å²) in [7, 11) is 0. The van der Waals surface area contributed by atoms with Gasteiger partial charge in [0.15, 0.2) is 0 Å². The van der Waals surface area contributed by atoms with E-state index < -0.39 is 11.2 Å². The molecule has 6 nitrogen and oxygen atoms in total. The van der Waals surface area contributed by atoms with Gasteiger partial charge in [-0.1, -0.05) is 11.6 Å². The summed E-state index contributed by atoms with van der Waals surface area (Å²) in [6, 6.07) is 3.67. The number of likely N-dealkylation sites (tertiary alicyclic amines) is 1. The van der Waals surface area contributed by atoms with E-state index in [0.717, 1.165) is 16.5 Å². The fourth-order valence-electron chi connectivity index (χ4n) is 4.44. The van der Waals surface area contributed by atoms with Gasteiger partial charge in [-0.25, -0.2) is 4.79 Å². The molecule has 2 unspecified atom stereocenters. The number of hydrogen-bond donors (Lipinski definition) is 2. The monoisotopic (exact) mass is 377 g/mol. The molecule has 4 rings (SSSR count). The lowest BCUT2D eigenvalue weighted by atomic mass is 9.89. The molecule has 26 heavy (non-hydrogen) atoms. The number of benzene rings is 1. The van der Waals surface area contributed by atoms with Crippen molar-refractivity contribution in [2.75, 3.05) is 13.1 Å². The number of halogens is 1. The first kappa shape index (κ1) is 17.6. The van der Waals surface area contributed by atoms with Crippen LogP contribution in [-0.4, -0.2) is 45.0 Å². The van der Waals surface area contributed by atoms with Crippen LogP contribution in [-0.2, 0) is 10.3 Å². The summed E-state index contributed by atoms with van der Waals surface area (Å²) in [5.41, 5.74) is 0.185. The summed E-state index contributed by atoms with van der Waals surface area (Å²) in [5, 5.41) is 19.9. The van der Waals surface area contributed by atoms with Crippen LogP contribution in [0.1, 0.15) is 39.2 Å². The van der Waals surface area contributed by atoms with Crippen LogP contribution in [0.15, 0.2) is 18.3 Å². The highest BCUT2D eigenvalue weighted by atomic mass is 35.5. The van der Waals surface area contributed by atoms with Crippen molar-refractivity contribution in [3.05, 3.63) is 28.9 Å². The van der Waals surface area contributed by atoms with Crippen molar-refractivity contribution < 1.29 is 14.6 Å². The van der Waals surface area contributed by atoms with Crippen molar-refractivity contribution in [1.82, 2.24) is 15.1 Å². The first-order valence-electron chi connectivity index (χ1n) is 8.98. The van der Waals surface area contributed by atoms with Gasteiger partial charge in [0, 0.05) is 29.1 Å². The predicted octanol–water partition coefficient (Wildman–Crippen LogP) is 3.68. The van der Waals surface area contributed by atoms with E-state index in [1.807, 2.05) is 32.9 Å². The number of aromatic nitrogens is 2. The molecule has 140 valence electrons. The molecule has 2 fully saturated rings. The quantitative estimate of drug-likeness (QED) is 0.794. The molecule has 2 heterocycles. The maximum Gasteiger partial charge on any atom is 0.410 e. The van der Waals surface area contributed by atoms with Crippen molar-refractivity contribution in [3.63, 3.8) is 0 Å². The third kappa shape index (κ3) is 3.05. The van der Waals surface area contributed by atoms with E-state index in [1.165, 1.54) is 0 Å². The molecule has 1 saturated carbocycles. The molecular formula is C19H24ClN3O3. The Morgan fingerprint density at radius 1 is 1.35 bits per heavy atom. The van der Waals surface area contributed by atoms with Gasteiger partial charge >= 0.3 is 6.09 Å². The Kier molecular flexibility index (Phi) is 3.97. The zero-order valence-electron chi connectivity index (χ0n) is 15.3. The van der Waals surface area contributed by atoms with Crippen LogP contribution in [0.3, 0.4) is 0 Å². The lowest BCUT2D eigenvalue weighted by Crippen LogP contribution is -2.37. The van der Waals surface area contributed by atoms with Crippen LogP contribution in [0.4, 0.5) is 4.79 Å². The largest absolute Gasteiger partial charge is 0.444 e. The molecule has 2 aromatic rings. The van der Waals surface area contributed by atoms with E-state index in [-0.39, 0.29) is 17.9 Å². The van der Waals surface area contributed by atoms with E-state index in [0.29, 0.717) is 31.0 Å². The second-order valence-electron chi connectivity index (χ2n) is 8.63. The fourth-order valence-corrected chi connectivity index (χ4v) is 4.66. The van der Waals surface area contributed by atoms with Crippen LogP contribution in [0.25, 0.3) is 10.9 Å². The second kappa shape index (κ2) is 5.86. The standard InChI is InChI=1S/C19H24ClN3O3/c1-18(2,3)26-17(24)23-9-12-6-19(25,7-13(12)10-23)15-5-14(20)4-11-8-21-22-16(11)15/h4-5,8,12-13,25H,6-7,9-10H2,1-3H3,(H,21,22). The number of amides is 1. The zero-order valence-corrected chi connectivity index (χ0v) is 16.0. The first-order chi connectivity index (χ1) is 12.1. The molecule has 1 aliphatic carbocycles. The maximum atomic E-state index is 12.3. The number of hydrogen-bond acceptors (Lipinski definition) is 4. The van der Waals surface area contributed by atoms with Gasteiger partial charge in [-0.2, -0.15) is 5.10 Å². The van der Waals surface area contributed by atoms with E-state index in [9.17, 15) is 9.90 Å². The highest BCUT2D eigenvalue weighted by molar-refractivity contribution is 6.31. The number of aromatic amines is 1. The van der Waals surface area contributed by atoms with E-state index >= 15 is 0 Å². The molecule has 0 radical (unpaired) electrons. The fraction of sp³-hybridized carbons (Fsp3) is 0.579. The Morgan fingerprint density at radius 2 is 2.00 bits per heavy atom. The zero-order chi connectivity index (χ0) is 18.7. The summed E-state index contributed by atoms with van der Waals surface area (Å²) < 4.78 is 5.48. The Morgan fingerprint density at radius 3 is 2.62 bits per heavy atom. The molecule has 1 aliphatic heterocycles. The number of nitrogens with one attached hydrogen (secondary N) is 1. The maximum absolute atomic E-state index is 12.3. The minimum absolute atomic E-state index is 0.254. The van der Waals surface area contributed by atoms with Gasteiger partial charge in [0.2, 0.25) is 0 Å². The van der Waals surface area contributed by atoms with Gasteiger partial charge in [0.25, 0.3) is 0 Å². The SMILES string of the molecule is CC(C)(C)OC(=O)N1CC2CC(O)(c3cc(Cl)cc4cn[nH]c34)CC2C1. The lowest BCUT2D eigenvalue weighted by Gasteiger charge is -2.28. The van der Waals surface area contributed by atoms with Crippen molar-refractivity contribution >= 4 is 28.6 Å². The van der Waals surface area contributed by atoms with Gasteiger partial charge in [0.05, 0.1) is 17.3 Å². The van der Waals surface area contributed by atoms with Crippen LogP contribution in [0.5, 0.6) is 0 Å². The summed E-state index contributed by atoms with van der Waals surface area (Å²) in [6.07, 6.45) is 2.65. The van der Waals surface area contributed by atoms with Gasteiger partial charge < -0.3 is 14.7 Å². The third-order valence-electron chi connectivity index (χ3n) is 5.44. The Balaban J connectivity index is 1.53. The minimum atomic E-state index is -0.953. The molecule has 1 amide bonds. The highest BCUT2D eigenvalue weighted by Gasteiger charge is 2.51. The number of rotatable bonds is 1. The van der Waals surface area contributed by atoms with E-state index in [1.54, 1.807) is 11.1 Å². The predicted molar refractivity (Wildman–Crippen MR) is 99.0 cm³/mol. The van der Waals surface area contributed by atoms with Crippen molar-refractivity contribution in [1.29, 1.82) is 0 Å². The van der Waals surface area contributed by atoms with E-state index in [2.05, 4.69) is 10.2 Å². The van der Waals surface area contributed by atoms with Crippen LogP contribution >= 0.6 is 11.6 Å². The molecule has 7 heteroatoms. The number of aliphatic hydroxyl groups is 1. The van der Waals surface area contributed by atoms with Crippen LogP contribution < -0.4 is 0 Å². The molecule has 0 spiro atoms. The normalized spacial score (nSPS) is 28.6. The molecule has 1 aromatic carbocycles. The first-order valence-corrected chi connectivity index (χ1v) is 9.36. The Hall–Kier alpha value is -1.79. The Bertz CT molecular complexity index is 843. The summed E-state index contributed by atoms with van der Waals surface area (Å²) in [5.74, 6) is 0.508. The minimum Gasteiger partial charge on any atom is -0.444 e. The molecular weight excluding hydrogens is 354 g/mol. The number of fused-ring (bicyclic) bond motifs is 2. The van der Waals surface area contributed by atoms with Crippen molar-refractivity contribution in [2.45, 2.75) is 44.8 Å². The van der Waals surface area contributed by atoms with Crippen molar-refractivity contribution in [2.24, 2.45) is 11.8 Å². The summed E-state index contributed by atoms with van der Waals surface area (Å²) in [6.45, 7) is 6.85. The molecule has 2 aliphatic rings. The number of carbonyl (C=O) groups is 1. The second-order valence-corrected chi connectivity index (χ2v) is 9.07. The summed E-state index contributed by atoms with van der Waals surface area (Å²) >= 11 is 6.25. The topological polar surface area (TPSA) is 78.4 Å². The average Bonchev–Trinajstić information content (AvgIpc) is 3.17. The average molecular weight is 378 g/mol. The van der Waals surface area contributed by atoms with E-state index in [4.69, 9.17) is 16.3 Å². The molecule has 1 saturated heterocycles. The van der Waals surface area contributed by atoms with Gasteiger partial charge in [-0.15, -0.1) is 0 Å². The number of nitrogens with zero attached hydrogens (tertiary/aromatic N) is 2. The molecule has 2 N–H and O–H groups in total. The lowest BCUT2D eigenvalue weighted by molar-refractivity contribution is 0.0160. The van der Waals surface area contributed by atoms with Gasteiger partial charge in [-0.05, 0) is 57.6 Å². The molecule has 2 atom stereocenters. The number of carbonyl (C=O) groups excluding carboxylic acids is 1.